The van der Waals surface area contributed by atoms with E-state index in [1.54, 1.807) is 0 Å². The van der Waals surface area contributed by atoms with Crippen LogP contribution in [-0.2, 0) is 11.0 Å². The molecule has 138 valence electrons. The Kier molecular flexibility index (Phi) is 6.10. The molecule has 2 rings (SSSR count). The van der Waals surface area contributed by atoms with Crippen molar-refractivity contribution in [3.05, 3.63) is 52.5 Å². The molecule has 0 aliphatic heterocycles. The lowest BCUT2D eigenvalue weighted by atomic mass is 10.2. The summed E-state index contributed by atoms with van der Waals surface area (Å²) < 4.78 is 48.4. The van der Waals surface area contributed by atoms with Crippen LogP contribution in [0.25, 0.3) is 0 Å². The van der Waals surface area contributed by atoms with Crippen LogP contribution in [-0.4, -0.2) is 25.9 Å². The summed E-state index contributed by atoms with van der Waals surface area (Å²) in [5, 5.41) is 2.19. The van der Waals surface area contributed by atoms with Gasteiger partial charge in [0.05, 0.1) is 28.9 Å². The van der Waals surface area contributed by atoms with Crippen molar-refractivity contribution in [3.8, 4) is 11.5 Å². The maximum atomic E-state index is 12.7. The average molecular weight is 388 g/mol. The van der Waals surface area contributed by atoms with E-state index in [-0.39, 0.29) is 22.0 Å². The number of hydrogen-bond acceptors (Lipinski definition) is 4. The Labute approximate surface area is 151 Å². The number of alkyl halides is 3. The molecule has 5 nitrogen and oxygen atoms in total. The van der Waals surface area contributed by atoms with Gasteiger partial charge in [-0.2, -0.15) is 13.2 Å². The van der Waals surface area contributed by atoms with E-state index in [2.05, 4.69) is 5.32 Å². The minimum Gasteiger partial charge on any atom is -0.497 e. The van der Waals surface area contributed by atoms with Gasteiger partial charge >= 0.3 is 6.18 Å². The molecule has 0 saturated heterocycles. The van der Waals surface area contributed by atoms with Crippen LogP contribution in [0.2, 0.25) is 5.02 Å². The van der Waals surface area contributed by atoms with Crippen LogP contribution >= 0.6 is 11.6 Å². The fourth-order valence-corrected chi connectivity index (χ4v) is 2.17. The van der Waals surface area contributed by atoms with Crippen molar-refractivity contribution >= 4 is 29.5 Å². The van der Waals surface area contributed by atoms with Crippen molar-refractivity contribution in [2.45, 2.75) is 6.18 Å². The number of hydrogen-bond donors (Lipinski definition) is 1. The fraction of sp³-hybridized carbons (Fsp3) is 0.176. The first kappa shape index (κ1) is 19.6. The number of carbonyl (C=O) groups excluding carboxylic acids is 2. The van der Waals surface area contributed by atoms with Crippen molar-refractivity contribution < 1.29 is 32.2 Å². The molecule has 0 aromatic heterocycles. The summed E-state index contributed by atoms with van der Waals surface area (Å²) >= 11 is 5.81. The molecule has 2 aromatic carbocycles. The van der Waals surface area contributed by atoms with E-state index in [1.807, 2.05) is 0 Å². The Morgan fingerprint density at radius 2 is 1.96 bits per heavy atom. The number of nitrogens with one attached hydrogen (secondary N) is 1. The molecule has 9 heteroatoms. The highest BCUT2D eigenvalue weighted by Gasteiger charge is 2.31. The summed E-state index contributed by atoms with van der Waals surface area (Å²) in [6.07, 6.45) is -4.04. The molecule has 1 N–H and O–H groups in total. The number of ether oxygens (including phenoxy) is 2. The van der Waals surface area contributed by atoms with Gasteiger partial charge in [0.15, 0.2) is 12.9 Å². The molecule has 0 fully saturated rings. The van der Waals surface area contributed by atoms with Gasteiger partial charge in [-0.05, 0) is 36.4 Å². The highest BCUT2D eigenvalue weighted by molar-refractivity contribution is 6.33. The Balaban J connectivity index is 2.07. The third kappa shape index (κ3) is 4.89. The lowest BCUT2D eigenvalue weighted by Crippen LogP contribution is -2.21. The normalized spacial score (nSPS) is 11.0. The van der Waals surface area contributed by atoms with Gasteiger partial charge in [0, 0.05) is 0 Å². The number of carbonyl (C=O) groups is 2. The molecule has 0 unspecified atom stereocenters. The SMILES string of the molecule is COc1ccc(OCC(=O)Nc2cc(C(F)(F)F)ccc2Cl)c(C=O)c1. The number of benzene rings is 2. The van der Waals surface area contributed by atoms with E-state index in [9.17, 15) is 22.8 Å². The summed E-state index contributed by atoms with van der Waals surface area (Å²) in [5.74, 6) is -0.176. The molecule has 2 aromatic rings. The van der Waals surface area contributed by atoms with Crippen LogP contribution in [0, 0.1) is 0 Å². The lowest BCUT2D eigenvalue weighted by Gasteiger charge is -2.13. The van der Waals surface area contributed by atoms with Crippen LogP contribution in [0.15, 0.2) is 36.4 Å². The molecule has 1 amide bonds. The van der Waals surface area contributed by atoms with Crippen LogP contribution < -0.4 is 14.8 Å². The van der Waals surface area contributed by atoms with Crippen molar-refractivity contribution in [1.82, 2.24) is 0 Å². The van der Waals surface area contributed by atoms with E-state index in [1.165, 1.54) is 25.3 Å². The highest BCUT2D eigenvalue weighted by Crippen LogP contribution is 2.33. The Hall–Kier alpha value is -2.74. The first-order valence-corrected chi connectivity index (χ1v) is 7.55. The minimum absolute atomic E-state index is 0.0515. The molecular weight excluding hydrogens is 375 g/mol. The zero-order valence-electron chi connectivity index (χ0n) is 13.4. The van der Waals surface area contributed by atoms with Crippen molar-refractivity contribution in [1.29, 1.82) is 0 Å². The summed E-state index contributed by atoms with van der Waals surface area (Å²) in [5.41, 5.74) is -0.980. The molecular formula is C17H13ClF3NO4. The van der Waals surface area contributed by atoms with Gasteiger partial charge in [0.1, 0.15) is 11.5 Å². The summed E-state index contributed by atoms with van der Waals surface area (Å²) in [4.78, 5) is 23.0. The van der Waals surface area contributed by atoms with E-state index >= 15 is 0 Å². The van der Waals surface area contributed by atoms with Gasteiger partial charge in [-0.25, -0.2) is 0 Å². The Bertz CT molecular complexity index is 824. The first-order chi connectivity index (χ1) is 12.2. The van der Waals surface area contributed by atoms with E-state index < -0.39 is 24.3 Å². The predicted octanol–water partition coefficient (Wildman–Crippen LogP) is 4.20. The monoisotopic (exact) mass is 387 g/mol. The molecule has 0 spiro atoms. The lowest BCUT2D eigenvalue weighted by molar-refractivity contribution is -0.137. The van der Waals surface area contributed by atoms with Gasteiger partial charge in [-0.1, -0.05) is 11.6 Å². The number of rotatable bonds is 6. The molecule has 0 radical (unpaired) electrons. The molecule has 26 heavy (non-hydrogen) atoms. The number of anilines is 1. The van der Waals surface area contributed by atoms with Gasteiger partial charge in [-0.15, -0.1) is 0 Å². The van der Waals surface area contributed by atoms with Crippen molar-refractivity contribution in [2.24, 2.45) is 0 Å². The second-order valence-electron chi connectivity index (χ2n) is 5.05. The maximum Gasteiger partial charge on any atom is 0.416 e. The standard InChI is InChI=1S/C17H13ClF3NO4/c1-25-12-3-5-15(10(6-12)8-23)26-9-16(24)22-14-7-11(17(19,20)21)2-4-13(14)18/h2-8H,9H2,1H3,(H,22,24). The number of methoxy groups -OCH3 is 1. The first-order valence-electron chi connectivity index (χ1n) is 7.17. The fourth-order valence-electron chi connectivity index (χ4n) is 2.00. The van der Waals surface area contributed by atoms with Crippen molar-refractivity contribution in [3.63, 3.8) is 0 Å². The van der Waals surface area contributed by atoms with Gasteiger partial charge < -0.3 is 14.8 Å². The Morgan fingerprint density at radius 3 is 2.58 bits per heavy atom. The smallest absolute Gasteiger partial charge is 0.416 e. The topological polar surface area (TPSA) is 64.6 Å². The van der Waals surface area contributed by atoms with E-state index in [0.717, 1.165) is 18.2 Å². The molecule has 0 atom stereocenters. The predicted molar refractivity (Wildman–Crippen MR) is 89.0 cm³/mol. The van der Waals surface area contributed by atoms with Crippen LogP contribution in [0.4, 0.5) is 18.9 Å². The summed E-state index contributed by atoms with van der Waals surface area (Å²) in [6, 6.07) is 6.96. The van der Waals surface area contributed by atoms with Gasteiger partial charge in [0.2, 0.25) is 0 Å². The number of halogens is 4. The van der Waals surface area contributed by atoms with Crippen LogP contribution in [0.3, 0.4) is 0 Å². The largest absolute Gasteiger partial charge is 0.497 e. The van der Waals surface area contributed by atoms with Crippen LogP contribution in [0.5, 0.6) is 11.5 Å². The number of aldehydes is 1. The van der Waals surface area contributed by atoms with Crippen molar-refractivity contribution in [2.75, 3.05) is 19.0 Å². The minimum atomic E-state index is -4.57. The quantitative estimate of drug-likeness (QED) is 0.755. The number of amides is 1. The third-order valence-electron chi connectivity index (χ3n) is 3.27. The average Bonchev–Trinajstić information content (AvgIpc) is 2.60. The second-order valence-corrected chi connectivity index (χ2v) is 5.46. The second kappa shape index (κ2) is 8.09. The highest BCUT2D eigenvalue weighted by atomic mass is 35.5. The zero-order valence-corrected chi connectivity index (χ0v) is 14.1. The molecule has 0 aliphatic rings. The summed E-state index contributed by atoms with van der Waals surface area (Å²) in [6.45, 7) is -0.528. The molecule has 0 saturated carbocycles. The zero-order chi connectivity index (χ0) is 19.3. The molecule has 0 heterocycles. The Morgan fingerprint density at radius 1 is 1.23 bits per heavy atom. The van der Waals surface area contributed by atoms with Gasteiger partial charge in [-0.3, -0.25) is 9.59 Å². The summed E-state index contributed by atoms with van der Waals surface area (Å²) in [7, 11) is 1.43. The maximum absolute atomic E-state index is 12.7. The third-order valence-corrected chi connectivity index (χ3v) is 3.60. The van der Waals surface area contributed by atoms with Crippen LogP contribution in [0.1, 0.15) is 15.9 Å². The van der Waals surface area contributed by atoms with Gasteiger partial charge in [0.25, 0.3) is 5.91 Å². The van der Waals surface area contributed by atoms with E-state index in [0.29, 0.717) is 12.0 Å². The molecule has 0 bridgehead atoms. The van der Waals surface area contributed by atoms with E-state index in [4.69, 9.17) is 21.1 Å². The molecule has 0 aliphatic carbocycles.